The summed E-state index contributed by atoms with van der Waals surface area (Å²) in [6, 6.07) is 6.83. The molecule has 7 heteroatoms. The Labute approximate surface area is 116 Å². The molecule has 102 valence electrons. The molecule has 1 heterocycles. The number of anilines is 1. The molecule has 0 aliphatic heterocycles. The molecule has 0 aliphatic rings. The highest BCUT2D eigenvalue weighted by Crippen LogP contribution is 2.21. The molecule has 0 spiro atoms. The summed E-state index contributed by atoms with van der Waals surface area (Å²) in [4.78, 5) is 5.20. The van der Waals surface area contributed by atoms with Crippen molar-refractivity contribution >= 4 is 26.5 Å². The summed E-state index contributed by atoms with van der Waals surface area (Å²) >= 11 is 1.31. The maximum absolute atomic E-state index is 12.2. The molecule has 0 saturated carbocycles. The second kappa shape index (κ2) is 5.68. The van der Waals surface area contributed by atoms with E-state index in [0.717, 1.165) is 10.4 Å². The van der Waals surface area contributed by atoms with Gasteiger partial charge in [-0.3, -0.25) is 4.72 Å². The molecule has 0 amide bonds. The highest BCUT2D eigenvalue weighted by atomic mass is 32.2. The number of nitrogens with zero attached hydrogens (tertiary/aromatic N) is 1. The van der Waals surface area contributed by atoms with Crippen LogP contribution >= 0.6 is 11.3 Å². The third-order valence-corrected chi connectivity index (χ3v) is 4.73. The Kier molecular flexibility index (Phi) is 4.18. The number of rotatable bonds is 5. The van der Waals surface area contributed by atoms with Crippen molar-refractivity contribution in [3.8, 4) is 0 Å². The smallest absolute Gasteiger partial charge is 0.263 e. The Balaban J connectivity index is 2.26. The fourth-order valence-electron chi connectivity index (χ4n) is 1.60. The number of sulfonamides is 1. The van der Waals surface area contributed by atoms with Crippen molar-refractivity contribution < 1.29 is 8.42 Å². The fraction of sp³-hybridized carbons (Fsp3) is 0.250. The highest BCUT2D eigenvalue weighted by molar-refractivity contribution is 7.93. The number of hydrogen-bond donors (Lipinski definition) is 2. The lowest BCUT2D eigenvalue weighted by Gasteiger charge is -2.07. The van der Waals surface area contributed by atoms with Crippen LogP contribution in [0.3, 0.4) is 0 Å². The maximum atomic E-state index is 12.2. The van der Waals surface area contributed by atoms with Crippen LogP contribution in [0.5, 0.6) is 0 Å². The molecule has 2 N–H and O–H groups in total. The number of nitrogens with one attached hydrogen (secondary N) is 2. The summed E-state index contributed by atoms with van der Waals surface area (Å²) in [7, 11) is -1.75. The Morgan fingerprint density at radius 2 is 2.16 bits per heavy atom. The summed E-state index contributed by atoms with van der Waals surface area (Å²) in [5.41, 5.74) is 0.917. The van der Waals surface area contributed by atoms with Gasteiger partial charge in [-0.15, -0.1) is 11.3 Å². The SMILES string of the molecule is CNCc1cccc(S(=O)(=O)Nc2ncc(C)s2)c1. The normalized spacial score (nSPS) is 11.5. The van der Waals surface area contributed by atoms with E-state index in [1.54, 1.807) is 24.4 Å². The third kappa shape index (κ3) is 3.52. The summed E-state index contributed by atoms with van der Waals surface area (Å²) in [5.74, 6) is 0. The Hall–Kier alpha value is -1.44. The van der Waals surface area contributed by atoms with Gasteiger partial charge in [0.2, 0.25) is 0 Å². The topological polar surface area (TPSA) is 71.1 Å². The molecule has 2 aromatic rings. The van der Waals surface area contributed by atoms with E-state index in [2.05, 4.69) is 15.0 Å². The highest BCUT2D eigenvalue weighted by Gasteiger charge is 2.16. The molecular formula is C12H15N3O2S2. The molecule has 2 rings (SSSR count). The van der Waals surface area contributed by atoms with E-state index in [4.69, 9.17) is 0 Å². The van der Waals surface area contributed by atoms with Gasteiger partial charge in [-0.05, 0) is 31.7 Å². The third-order valence-electron chi connectivity index (χ3n) is 2.43. The van der Waals surface area contributed by atoms with E-state index >= 15 is 0 Å². The van der Waals surface area contributed by atoms with Crippen LogP contribution in [0.1, 0.15) is 10.4 Å². The predicted octanol–water partition coefficient (Wildman–Crippen LogP) is 1.97. The van der Waals surface area contributed by atoms with Crippen LogP contribution in [0.4, 0.5) is 5.13 Å². The second-order valence-electron chi connectivity index (χ2n) is 4.06. The van der Waals surface area contributed by atoms with Crippen molar-refractivity contribution in [3.63, 3.8) is 0 Å². The first-order chi connectivity index (χ1) is 9.01. The molecule has 19 heavy (non-hydrogen) atoms. The molecule has 0 unspecified atom stereocenters. The van der Waals surface area contributed by atoms with E-state index in [9.17, 15) is 8.42 Å². The van der Waals surface area contributed by atoms with Crippen LogP contribution in [0.2, 0.25) is 0 Å². The van der Waals surface area contributed by atoms with Gasteiger partial charge in [0.05, 0.1) is 4.90 Å². The van der Waals surface area contributed by atoms with Crippen molar-refractivity contribution in [2.24, 2.45) is 0 Å². The van der Waals surface area contributed by atoms with E-state index in [-0.39, 0.29) is 4.90 Å². The van der Waals surface area contributed by atoms with E-state index in [1.807, 2.05) is 20.0 Å². The number of aromatic nitrogens is 1. The number of aryl methyl sites for hydroxylation is 1. The summed E-state index contributed by atoms with van der Waals surface area (Å²) in [6.45, 7) is 2.50. The van der Waals surface area contributed by atoms with Crippen LogP contribution in [0, 0.1) is 6.92 Å². The molecule has 0 fully saturated rings. The van der Waals surface area contributed by atoms with Crippen LogP contribution < -0.4 is 10.0 Å². The molecule has 0 atom stereocenters. The zero-order chi connectivity index (χ0) is 13.9. The van der Waals surface area contributed by atoms with E-state index in [0.29, 0.717) is 11.7 Å². The van der Waals surface area contributed by atoms with Gasteiger partial charge in [0, 0.05) is 17.6 Å². The average Bonchev–Trinajstić information content (AvgIpc) is 2.75. The van der Waals surface area contributed by atoms with Crippen LogP contribution in [-0.2, 0) is 16.6 Å². The molecule has 1 aromatic heterocycles. The lowest BCUT2D eigenvalue weighted by molar-refractivity contribution is 0.601. The van der Waals surface area contributed by atoms with Crippen molar-refractivity contribution in [1.29, 1.82) is 0 Å². The molecule has 0 bridgehead atoms. The van der Waals surface area contributed by atoms with Crippen molar-refractivity contribution in [3.05, 3.63) is 40.9 Å². The zero-order valence-corrected chi connectivity index (χ0v) is 12.3. The minimum atomic E-state index is -3.57. The van der Waals surface area contributed by atoms with Crippen LogP contribution in [0.15, 0.2) is 35.4 Å². The predicted molar refractivity (Wildman–Crippen MR) is 76.9 cm³/mol. The summed E-state index contributed by atoms with van der Waals surface area (Å²) in [6.07, 6.45) is 1.64. The van der Waals surface area contributed by atoms with Crippen molar-refractivity contribution in [2.75, 3.05) is 11.8 Å². The van der Waals surface area contributed by atoms with E-state index in [1.165, 1.54) is 11.3 Å². The van der Waals surface area contributed by atoms with Gasteiger partial charge in [0.25, 0.3) is 10.0 Å². The summed E-state index contributed by atoms with van der Waals surface area (Å²) < 4.78 is 26.9. The van der Waals surface area contributed by atoms with Crippen LogP contribution in [-0.4, -0.2) is 20.4 Å². The van der Waals surface area contributed by atoms with Crippen LogP contribution in [0.25, 0.3) is 0 Å². The Bertz CT molecular complexity index is 665. The molecule has 1 aromatic carbocycles. The van der Waals surface area contributed by atoms with Gasteiger partial charge in [-0.25, -0.2) is 13.4 Å². The monoisotopic (exact) mass is 297 g/mol. The van der Waals surface area contributed by atoms with Gasteiger partial charge in [-0.2, -0.15) is 0 Å². The minimum Gasteiger partial charge on any atom is -0.316 e. The molecular weight excluding hydrogens is 282 g/mol. The first-order valence-electron chi connectivity index (χ1n) is 5.70. The molecule has 5 nitrogen and oxygen atoms in total. The number of hydrogen-bond acceptors (Lipinski definition) is 5. The largest absolute Gasteiger partial charge is 0.316 e. The maximum Gasteiger partial charge on any atom is 0.263 e. The Morgan fingerprint density at radius 3 is 2.79 bits per heavy atom. The van der Waals surface area contributed by atoms with Crippen molar-refractivity contribution in [1.82, 2.24) is 10.3 Å². The molecule has 0 aliphatic carbocycles. The zero-order valence-electron chi connectivity index (χ0n) is 10.7. The first-order valence-corrected chi connectivity index (χ1v) is 8.00. The van der Waals surface area contributed by atoms with Gasteiger partial charge in [0.15, 0.2) is 5.13 Å². The van der Waals surface area contributed by atoms with Gasteiger partial charge < -0.3 is 5.32 Å². The number of benzene rings is 1. The number of thiazole rings is 1. The summed E-state index contributed by atoms with van der Waals surface area (Å²) in [5, 5.41) is 3.38. The Morgan fingerprint density at radius 1 is 1.37 bits per heavy atom. The molecule has 0 radical (unpaired) electrons. The van der Waals surface area contributed by atoms with E-state index < -0.39 is 10.0 Å². The van der Waals surface area contributed by atoms with Gasteiger partial charge in [-0.1, -0.05) is 12.1 Å². The average molecular weight is 297 g/mol. The van der Waals surface area contributed by atoms with Gasteiger partial charge in [0.1, 0.15) is 0 Å². The lowest BCUT2D eigenvalue weighted by atomic mass is 10.2. The first kappa shape index (κ1) is 14.0. The minimum absolute atomic E-state index is 0.244. The quantitative estimate of drug-likeness (QED) is 0.885. The standard InChI is InChI=1S/C12H15N3O2S2/c1-9-7-14-12(18-9)15-19(16,17)11-5-3-4-10(6-11)8-13-2/h3-7,13H,8H2,1-2H3,(H,14,15). The van der Waals surface area contributed by atoms with Gasteiger partial charge >= 0.3 is 0 Å². The van der Waals surface area contributed by atoms with Crippen molar-refractivity contribution in [2.45, 2.75) is 18.4 Å². The lowest BCUT2D eigenvalue weighted by Crippen LogP contribution is -2.13. The fourth-order valence-corrected chi connectivity index (χ4v) is 3.58. The second-order valence-corrected chi connectivity index (χ2v) is 6.98. The molecule has 0 saturated heterocycles.